The van der Waals surface area contributed by atoms with Crippen molar-refractivity contribution in [3.05, 3.63) is 12.2 Å². The quantitative estimate of drug-likeness (QED) is 0.467. The fourth-order valence-corrected chi connectivity index (χ4v) is 1.76. The molecular weight excluding hydrogens is 204 g/mol. The second-order valence-corrected chi connectivity index (χ2v) is 3.60. The Kier molecular flexibility index (Phi) is 2.40. The minimum absolute atomic E-state index is 0.261. The zero-order valence-corrected chi connectivity index (χ0v) is 7.92. The van der Waals surface area contributed by atoms with E-state index in [0.717, 1.165) is 6.08 Å². The summed E-state index contributed by atoms with van der Waals surface area (Å²) in [6, 6.07) is 0. The molecule has 15 heavy (non-hydrogen) atoms. The van der Waals surface area contributed by atoms with Crippen LogP contribution in [-0.2, 0) is 14.3 Å². The highest BCUT2D eigenvalue weighted by molar-refractivity contribution is 5.99. The highest BCUT2D eigenvalue weighted by Crippen LogP contribution is 2.35. The van der Waals surface area contributed by atoms with E-state index in [1.54, 1.807) is 0 Å². The monoisotopic (exact) mass is 216 g/mol. The Morgan fingerprint density at radius 2 is 2.07 bits per heavy atom. The summed E-state index contributed by atoms with van der Waals surface area (Å²) >= 11 is 0. The van der Waals surface area contributed by atoms with E-state index in [4.69, 9.17) is 14.6 Å². The van der Waals surface area contributed by atoms with Crippen LogP contribution in [-0.4, -0.2) is 58.4 Å². The summed E-state index contributed by atoms with van der Waals surface area (Å²) in [4.78, 5) is 11.3. The zero-order chi connectivity index (χ0) is 11.1. The topological polar surface area (TPSA) is 96.2 Å². The molecule has 0 aromatic carbocycles. The number of rotatable bonds is 1. The first-order valence-electron chi connectivity index (χ1n) is 4.58. The summed E-state index contributed by atoms with van der Waals surface area (Å²) < 4.78 is 10.3. The van der Waals surface area contributed by atoms with Crippen LogP contribution in [0, 0.1) is 0 Å². The fourth-order valence-electron chi connectivity index (χ4n) is 1.76. The van der Waals surface area contributed by atoms with E-state index in [1.807, 2.05) is 0 Å². The van der Waals surface area contributed by atoms with E-state index < -0.39 is 29.9 Å². The van der Waals surface area contributed by atoms with E-state index in [1.165, 1.54) is 6.08 Å². The van der Waals surface area contributed by atoms with Gasteiger partial charge in [-0.05, 0) is 12.2 Å². The molecule has 0 saturated carbocycles. The molecular formula is C9H12O6. The first kappa shape index (κ1) is 10.7. The van der Waals surface area contributed by atoms with Crippen LogP contribution in [0.25, 0.3) is 0 Å². The highest BCUT2D eigenvalue weighted by atomic mass is 16.7. The summed E-state index contributed by atoms with van der Waals surface area (Å²) in [6.07, 6.45) is 0.681. The molecule has 0 aromatic heterocycles. The van der Waals surface area contributed by atoms with Crippen molar-refractivity contribution in [2.75, 3.05) is 19.8 Å². The molecule has 3 N–H and O–H groups in total. The lowest BCUT2D eigenvalue weighted by Gasteiger charge is -2.40. The second kappa shape index (κ2) is 3.36. The van der Waals surface area contributed by atoms with Crippen LogP contribution >= 0.6 is 0 Å². The number of aliphatic hydroxyl groups is 3. The molecule has 2 aliphatic rings. The molecule has 2 rings (SSSR count). The van der Waals surface area contributed by atoms with Gasteiger partial charge >= 0.3 is 0 Å². The minimum Gasteiger partial charge on any atom is -0.393 e. The summed E-state index contributed by atoms with van der Waals surface area (Å²) in [5.74, 6) is -2.27. The van der Waals surface area contributed by atoms with Crippen molar-refractivity contribution in [1.29, 1.82) is 0 Å². The SMILES string of the molecule is O=C1C=CC2(OCCO2)[C@H](O)[C@@]1(O)CO. The molecule has 1 heterocycles. The first-order chi connectivity index (χ1) is 7.05. The Labute approximate surface area is 85.7 Å². The molecule has 1 saturated heterocycles. The van der Waals surface area contributed by atoms with Gasteiger partial charge in [-0.25, -0.2) is 0 Å². The lowest BCUT2D eigenvalue weighted by atomic mass is 9.82. The molecule has 2 atom stereocenters. The van der Waals surface area contributed by atoms with Gasteiger partial charge in [-0.15, -0.1) is 0 Å². The Morgan fingerprint density at radius 1 is 1.47 bits per heavy atom. The number of ketones is 1. The minimum atomic E-state index is -2.25. The predicted molar refractivity (Wildman–Crippen MR) is 46.8 cm³/mol. The Morgan fingerprint density at radius 3 is 2.60 bits per heavy atom. The molecule has 6 nitrogen and oxygen atoms in total. The van der Waals surface area contributed by atoms with Gasteiger partial charge in [0, 0.05) is 0 Å². The Bertz CT molecular complexity index is 306. The zero-order valence-electron chi connectivity index (χ0n) is 7.92. The van der Waals surface area contributed by atoms with Gasteiger partial charge in [-0.3, -0.25) is 4.79 Å². The number of ether oxygens (including phenoxy) is 2. The molecule has 1 aliphatic carbocycles. The Balaban J connectivity index is 2.39. The summed E-state index contributed by atoms with van der Waals surface area (Å²) in [5.41, 5.74) is -2.25. The number of carbonyl (C=O) groups is 1. The highest BCUT2D eigenvalue weighted by Gasteiger charge is 2.58. The summed E-state index contributed by atoms with van der Waals surface area (Å²) in [6.45, 7) is -0.361. The average molecular weight is 216 g/mol. The van der Waals surface area contributed by atoms with Gasteiger partial charge in [0.05, 0.1) is 19.8 Å². The van der Waals surface area contributed by atoms with Crippen molar-refractivity contribution < 1.29 is 29.6 Å². The van der Waals surface area contributed by atoms with E-state index in [0.29, 0.717) is 0 Å². The average Bonchev–Trinajstić information content (AvgIpc) is 2.71. The van der Waals surface area contributed by atoms with Gasteiger partial charge in [0.2, 0.25) is 5.79 Å². The predicted octanol–water partition coefficient (Wildman–Crippen LogP) is -2.05. The van der Waals surface area contributed by atoms with Crippen LogP contribution in [0.5, 0.6) is 0 Å². The summed E-state index contributed by atoms with van der Waals surface area (Å²) in [7, 11) is 0. The molecule has 1 aliphatic heterocycles. The van der Waals surface area contributed by atoms with Crippen molar-refractivity contribution in [1.82, 2.24) is 0 Å². The fraction of sp³-hybridized carbons (Fsp3) is 0.667. The molecule has 0 aromatic rings. The van der Waals surface area contributed by atoms with Gasteiger partial charge in [-0.2, -0.15) is 0 Å². The van der Waals surface area contributed by atoms with Crippen LogP contribution in [0.2, 0.25) is 0 Å². The largest absolute Gasteiger partial charge is 0.393 e. The molecule has 1 spiro atoms. The standard InChI is InChI=1S/C9H12O6/c10-5-8(13)6(11)1-2-9(7(8)12)14-3-4-15-9/h1-2,7,10,12-13H,3-5H2/t7-,8-/m1/s1. The van der Waals surface area contributed by atoms with Gasteiger partial charge in [0.1, 0.15) is 0 Å². The van der Waals surface area contributed by atoms with Crippen LogP contribution in [0.1, 0.15) is 0 Å². The maximum atomic E-state index is 11.3. The van der Waals surface area contributed by atoms with E-state index in [-0.39, 0.29) is 13.2 Å². The van der Waals surface area contributed by atoms with Crippen molar-refractivity contribution >= 4 is 5.78 Å². The lowest BCUT2D eigenvalue weighted by molar-refractivity contribution is -0.244. The van der Waals surface area contributed by atoms with E-state index in [2.05, 4.69) is 0 Å². The van der Waals surface area contributed by atoms with Crippen LogP contribution in [0.15, 0.2) is 12.2 Å². The second-order valence-electron chi connectivity index (χ2n) is 3.60. The smallest absolute Gasteiger partial charge is 0.218 e. The maximum Gasteiger partial charge on any atom is 0.218 e. The molecule has 6 heteroatoms. The molecule has 1 fully saturated rings. The molecule has 0 bridgehead atoms. The lowest BCUT2D eigenvalue weighted by Crippen LogP contribution is -2.64. The molecule has 0 amide bonds. The number of hydrogen-bond donors (Lipinski definition) is 3. The number of carbonyl (C=O) groups excluding carboxylic acids is 1. The molecule has 0 unspecified atom stereocenters. The van der Waals surface area contributed by atoms with Crippen LogP contribution < -0.4 is 0 Å². The van der Waals surface area contributed by atoms with Crippen molar-refractivity contribution in [3.8, 4) is 0 Å². The normalized spacial score (nSPS) is 38.9. The molecule has 84 valence electrons. The maximum absolute atomic E-state index is 11.3. The Hall–Kier alpha value is -0.790. The third-order valence-electron chi connectivity index (χ3n) is 2.71. The van der Waals surface area contributed by atoms with Gasteiger partial charge in [-0.1, -0.05) is 0 Å². The number of hydrogen-bond acceptors (Lipinski definition) is 6. The van der Waals surface area contributed by atoms with Crippen LogP contribution in [0.3, 0.4) is 0 Å². The van der Waals surface area contributed by atoms with Gasteiger partial charge < -0.3 is 24.8 Å². The van der Waals surface area contributed by atoms with Crippen molar-refractivity contribution in [3.63, 3.8) is 0 Å². The third kappa shape index (κ3) is 1.34. The van der Waals surface area contributed by atoms with E-state index >= 15 is 0 Å². The van der Waals surface area contributed by atoms with Gasteiger partial charge in [0.15, 0.2) is 17.5 Å². The molecule has 0 radical (unpaired) electrons. The summed E-state index contributed by atoms with van der Waals surface area (Å²) in [5, 5.41) is 28.6. The van der Waals surface area contributed by atoms with Crippen molar-refractivity contribution in [2.45, 2.75) is 17.5 Å². The van der Waals surface area contributed by atoms with Crippen molar-refractivity contribution in [2.24, 2.45) is 0 Å². The third-order valence-corrected chi connectivity index (χ3v) is 2.71. The van der Waals surface area contributed by atoms with Crippen LogP contribution in [0.4, 0.5) is 0 Å². The first-order valence-corrected chi connectivity index (χ1v) is 4.58. The number of aliphatic hydroxyl groups excluding tert-OH is 2. The van der Waals surface area contributed by atoms with Gasteiger partial charge in [0.25, 0.3) is 0 Å². The van der Waals surface area contributed by atoms with E-state index in [9.17, 15) is 15.0 Å².